The Hall–Kier alpha value is -2.63. The second-order valence-electron chi connectivity index (χ2n) is 4.05. The van der Waals surface area contributed by atoms with E-state index in [4.69, 9.17) is 4.74 Å². The van der Waals surface area contributed by atoms with Crippen molar-refractivity contribution >= 4 is 5.91 Å². The zero-order chi connectivity index (χ0) is 14.5. The fourth-order valence-corrected chi connectivity index (χ4v) is 1.66. The Morgan fingerprint density at radius 1 is 1.40 bits per heavy atom. The van der Waals surface area contributed by atoms with E-state index in [0.29, 0.717) is 5.56 Å². The highest BCUT2D eigenvalue weighted by Gasteiger charge is 2.09. The predicted molar refractivity (Wildman–Crippen MR) is 71.2 cm³/mol. The van der Waals surface area contributed by atoms with E-state index in [1.54, 1.807) is 18.2 Å². The summed E-state index contributed by atoms with van der Waals surface area (Å²) in [4.78, 5) is 26.0. The van der Waals surface area contributed by atoms with Crippen LogP contribution in [-0.2, 0) is 6.54 Å². The molecule has 0 saturated heterocycles. The number of amides is 1. The summed E-state index contributed by atoms with van der Waals surface area (Å²) in [6, 6.07) is 7.28. The Morgan fingerprint density at radius 3 is 2.80 bits per heavy atom. The van der Waals surface area contributed by atoms with Crippen LogP contribution in [0.1, 0.15) is 16.1 Å². The fraction of sp³-hybridized carbons (Fsp3) is 0.143. The molecule has 1 heterocycles. The summed E-state index contributed by atoms with van der Waals surface area (Å²) in [6.45, 7) is 0.0412. The molecule has 2 aromatic rings. The number of carbonyl (C=O) groups excluding carboxylic acids is 1. The van der Waals surface area contributed by atoms with Gasteiger partial charge in [-0.2, -0.15) is 0 Å². The lowest BCUT2D eigenvalue weighted by molar-refractivity contribution is 0.0945. The number of hydrogen-bond acceptors (Lipinski definition) is 3. The van der Waals surface area contributed by atoms with Gasteiger partial charge >= 0.3 is 0 Å². The number of hydrogen-bond donors (Lipinski definition) is 2. The number of pyridine rings is 1. The molecule has 1 amide bonds. The molecule has 0 fully saturated rings. The predicted octanol–water partition coefficient (Wildman–Crippen LogP) is 1.45. The molecular formula is C14H13FN2O3. The molecule has 2 rings (SSSR count). The van der Waals surface area contributed by atoms with Crippen molar-refractivity contribution in [3.63, 3.8) is 0 Å². The van der Waals surface area contributed by atoms with Crippen LogP contribution in [0.3, 0.4) is 0 Å². The zero-order valence-corrected chi connectivity index (χ0v) is 10.8. The summed E-state index contributed by atoms with van der Waals surface area (Å²) in [6.07, 6.45) is 1.31. The van der Waals surface area contributed by atoms with Crippen LogP contribution in [0.25, 0.3) is 0 Å². The average molecular weight is 276 g/mol. The first-order valence-corrected chi connectivity index (χ1v) is 5.90. The fourth-order valence-electron chi connectivity index (χ4n) is 1.66. The topological polar surface area (TPSA) is 71.2 Å². The minimum atomic E-state index is -0.493. The minimum absolute atomic E-state index is 0.0412. The highest BCUT2D eigenvalue weighted by Crippen LogP contribution is 2.06. The van der Waals surface area contributed by atoms with Crippen molar-refractivity contribution in [1.29, 1.82) is 0 Å². The second-order valence-corrected chi connectivity index (χ2v) is 4.05. The van der Waals surface area contributed by atoms with E-state index in [-0.39, 0.29) is 18.0 Å². The third kappa shape index (κ3) is 3.03. The van der Waals surface area contributed by atoms with Crippen LogP contribution in [0.5, 0.6) is 5.75 Å². The molecule has 0 aliphatic rings. The van der Waals surface area contributed by atoms with Crippen molar-refractivity contribution in [3.8, 4) is 5.75 Å². The van der Waals surface area contributed by atoms with Crippen LogP contribution in [0.4, 0.5) is 4.39 Å². The lowest BCUT2D eigenvalue weighted by Crippen LogP contribution is -2.25. The molecule has 0 saturated carbocycles. The number of halogens is 1. The monoisotopic (exact) mass is 276 g/mol. The van der Waals surface area contributed by atoms with Gasteiger partial charge in [-0.3, -0.25) is 9.59 Å². The molecule has 5 nitrogen and oxygen atoms in total. The van der Waals surface area contributed by atoms with Crippen LogP contribution in [0.2, 0.25) is 0 Å². The number of aromatic nitrogens is 1. The first-order chi connectivity index (χ1) is 9.61. The Bertz CT molecular complexity index is 682. The SMILES string of the molecule is COc1c[nH]c(C(=O)NCc2ccccc2F)cc1=O. The highest BCUT2D eigenvalue weighted by molar-refractivity contribution is 5.92. The lowest BCUT2D eigenvalue weighted by atomic mass is 10.2. The maximum Gasteiger partial charge on any atom is 0.268 e. The van der Waals surface area contributed by atoms with E-state index in [0.717, 1.165) is 6.07 Å². The van der Waals surface area contributed by atoms with E-state index in [9.17, 15) is 14.0 Å². The molecular weight excluding hydrogens is 263 g/mol. The van der Waals surface area contributed by atoms with Crippen molar-refractivity contribution in [2.45, 2.75) is 6.54 Å². The number of aromatic amines is 1. The maximum atomic E-state index is 13.4. The minimum Gasteiger partial charge on any atom is -0.491 e. The van der Waals surface area contributed by atoms with Crippen LogP contribution in [0.15, 0.2) is 41.3 Å². The van der Waals surface area contributed by atoms with Gasteiger partial charge in [0.05, 0.1) is 7.11 Å². The van der Waals surface area contributed by atoms with E-state index in [2.05, 4.69) is 10.3 Å². The summed E-state index contributed by atoms with van der Waals surface area (Å²) >= 11 is 0. The van der Waals surface area contributed by atoms with Gasteiger partial charge in [0, 0.05) is 24.4 Å². The second kappa shape index (κ2) is 6.01. The molecule has 1 aromatic carbocycles. The summed E-state index contributed by atoms with van der Waals surface area (Å²) in [7, 11) is 1.36. The van der Waals surface area contributed by atoms with E-state index in [1.165, 1.54) is 19.4 Å². The molecule has 20 heavy (non-hydrogen) atoms. The number of benzene rings is 1. The number of carbonyl (C=O) groups is 1. The molecule has 104 valence electrons. The summed E-state index contributed by atoms with van der Waals surface area (Å²) in [5, 5.41) is 2.53. The van der Waals surface area contributed by atoms with E-state index < -0.39 is 17.2 Å². The molecule has 0 radical (unpaired) electrons. The number of nitrogens with one attached hydrogen (secondary N) is 2. The smallest absolute Gasteiger partial charge is 0.268 e. The quantitative estimate of drug-likeness (QED) is 0.888. The highest BCUT2D eigenvalue weighted by atomic mass is 19.1. The standard InChI is InChI=1S/C14H13FN2O3/c1-20-13-8-16-11(6-12(13)18)14(19)17-7-9-4-2-3-5-10(9)15/h2-6,8H,7H2,1H3,(H,16,18)(H,17,19). The number of rotatable bonds is 4. The van der Waals surface area contributed by atoms with Gasteiger partial charge in [-0.25, -0.2) is 4.39 Å². The Kier molecular flexibility index (Phi) is 4.14. The van der Waals surface area contributed by atoms with Crippen molar-refractivity contribution in [2.24, 2.45) is 0 Å². The van der Waals surface area contributed by atoms with E-state index >= 15 is 0 Å². The van der Waals surface area contributed by atoms with Crippen molar-refractivity contribution in [1.82, 2.24) is 10.3 Å². The van der Waals surface area contributed by atoms with Crippen molar-refractivity contribution in [2.75, 3.05) is 7.11 Å². The summed E-state index contributed by atoms with van der Waals surface area (Å²) < 4.78 is 18.2. The van der Waals surface area contributed by atoms with Crippen molar-refractivity contribution < 1.29 is 13.9 Å². The largest absolute Gasteiger partial charge is 0.491 e. The molecule has 0 spiro atoms. The van der Waals surface area contributed by atoms with Crippen molar-refractivity contribution in [3.05, 3.63) is 63.8 Å². The van der Waals surface area contributed by atoms with Crippen LogP contribution < -0.4 is 15.5 Å². The molecule has 0 unspecified atom stereocenters. The van der Waals surface area contributed by atoms with Gasteiger partial charge < -0.3 is 15.0 Å². The molecule has 0 bridgehead atoms. The molecule has 6 heteroatoms. The van der Waals surface area contributed by atoms with Gasteiger partial charge in [-0.15, -0.1) is 0 Å². The Balaban J connectivity index is 2.07. The van der Waals surface area contributed by atoms with E-state index in [1.807, 2.05) is 0 Å². The van der Waals surface area contributed by atoms with Gasteiger partial charge in [-0.05, 0) is 6.07 Å². The molecule has 0 atom stereocenters. The lowest BCUT2D eigenvalue weighted by Gasteiger charge is -2.06. The van der Waals surface area contributed by atoms with Crippen LogP contribution in [-0.4, -0.2) is 18.0 Å². The van der Waals surface area contributed by atoms with Gasteiger partial charge in [0.15, 0.2) is 5.75 Å². The van der Waals surface area contributed by atoms with Gasteiger partial charge in [0.1, 0.15) is 11.5 Å². The third-order valence-corrected chi connectivity index (χ3v) is 2.74. The Morgan fingerprint density at radius 2 is 2.15 bits per heavy atom. The first kappa shape index (κ1) is 13.8. The van der Waals surface area contributed by atoms with Gasteiger partial charge in [-0.1, -0.05) is 18.2 Å². The first-order valence-electron chi connectivity index (χ1n) is 5.90. The van der Waals surface area contributed by atoms with Crippen LogP contribution >= 0.6 is 0 Å². The Labute approximate surface area is 114 Å². The third-order valence-electron chi connectivity index (χ3n) is 2.74. The molecule has 0 aliphatic carbocycles. The molecule has 1 aromatic heterocycles. The maximum absolute atomic E-state index is 13.4. The summed E-state index contributed by atoms with van der Waals surface area (Å²) in [5.74, 6) is -0.764. The number of ether oxygens (including phenoxy) is 1. The normalized spacial score (nSPS) is 10.1. The summed E-state index contributed by atoms with van der Waals surface area (Å²) in [5.41, 5.74) is 0.0612. The number of methoxy groups -OCH3 is 1. The van der Waals surface area contributed by atoms with Crippen LogP contribution in [0, 0.1) is 5.82 Å². The van der Waals surface area contributed by atoms with Gasteiger partial charge in [0.25, 0.3) is 5.91 Å². The molecule has 0 aliphatic heterocycles. The van der Waals surface area contributed by atoms with Gasteiger partial charge in [0.2, 0.25) is 5.43 Å². The average Bonchev–Trinajstić information content (AvgIpc) is 2.46. The molecule has 2 N–H and O–H groups in total. The number of H-pyrrole nitrogens is 1. The zero-order valence-electron chi connectivity index (χ0n) is 10.8.